The number of nitrogens with zero attached hydrogens (tertiary/aromatic N) is 4. The van der Waals surface area contributed by atoms with Gasteiger partial charge in [-0.3, -0.25) is 4.79 Å². The van der Waals surface area contributed by atoms with Crippen molar-refractivity contribution in [1.82, 2.24) is 14.1 Å². The fourth-order valence-corrected chi connectivity index (χ4v) is 5.05. The number of anilines is 1. The summed E-state index contributed by atoms with van der Waals surface area (Å²) in [5.41, 5.74) is 2.52. The van der Waals surface area contributed by atoms with Crippen molar-refractivity contribution < 1.29 is 8.42 Å². The van der Waals surface area contributed by atoms with E-state index >= 15 is 0 Å². The van der Waals surface area contributed by atoms with Gasteiger partial charge in [0.1, 0.15) is 5.82 Å². The first-order valence-electron chi connectivity index (χ1n) is 9.84. The number of benzene rings is 2. The summed E-state index contributed by atoms with van der Waals surface area (Å²) in [7, 11) is -3.52. The Bertz CT molecular complexity index is 1210. The molecule has 0 aliphatic carbocycles. The van der Waals surface area contributed by atoms with Gasteiger partial charge in [0.05, 0.1) is 10.6 Å². The van der Waals surface area contributed by atoms with E-state index in [9.17, 15) is 13.2 Å². The van der Waals surface area contributed by atoms with Crippen molar-refractivity contribution in [2.24, 2.45) is 0 Å². The van der Waals surface area contributed by atoms with Crippen molar-refractivity contribution in [3.05, 3.63) is 82.1 Å². The number of aromatic nitrogens is 2. The molecule has 1 aromatic heterocycles. The predicted molar refractivity (Wildman–Crippen MR) is 117 cm³/mol. The minimum Gasteiger partial charge on any atom is -0.353 e. The highest BCUT2D eigenvalue weighted by Crippen LogP contribution is 2.20. The summed E-state index contributed by atoms with van der Waals surface area (Å²) in [4.78, 5) is 14.6. The Morgan fingerprint density at radius 1 is 0.833 bits per heavy atom. The van der Waals surface area contributed by atoms with Gasteiger partial charge in [-0.15, -0.1) is 5.10 Å². The van der Waals surface area contributed by atoms with Crippen LogP contribution in [0.25, 0.3) is 5.69 Å². The summed E-state index contributed by atoms with van der Waals surface area (Å²) in [6.45, 7) is 5.60. The van der Waals surface area contributed by atoms with Crippen molar-refractivity contribution in [3.63, 3.8) is 0 Å². The highest BCUT2D eigenvalue weighted by atomic mass is 32.2. The molecule has 1 aliphatic heterocycles. The van der Waals surface area contributed by atoms with Gasteiger partial charge in [0.15, 0.2) is 0 Å². The van der Waals surface area contributed by atoms with E-state index in [1.807, 2.05) is 49.1 Å². The maximum absolute atomic E-state index is 12.9. The van der Waals surface area contributed by atoms with E-state index in [1.54, 1.807) is 24.3 Å². The zero-order valence-electron chi connectivity index (χ0n) is 17.0. The average molecular weight is 425 g/mol. The molecule has 1 aliphatic rings. The van der Waals surface area contributed by atoms with Crippen LogP contribution in [0.15, 0.2) is 70.4 Å². The van der Waals surface area contributed by atoms with Crippen LogP contribution in [0.5, 0.6) is 0 Å². The van der Waals surface area contributed by atoms with Gasteiger partial charge in [-0.2, -0.15) is 8.99 Å². The molecule has 1 fully saturated rings. The molecule has 0 amide bonds. The van der Waals surface area contributed by atoms with Crippen LogP contribution in [-0.2, 0) is 10.0 Å². The lowest BCUT2D eigenvalue weighted by Gasteiger charge is -2.34. The van der Waals surface area contributed by atoms with Gasteiger partial charge in [0.25, 0.3) is 5.56 Å². The van der Waals surface area contributed by atoms with Crippen molar-refractivity contribution >= 4 is 15.8 Å². The molecule has 0 atom stereocenters. The van der Waals surface area contributed by atoms with Crippen molar-refractivity contribution in [2.75, 3.05) is 31.1 Å². The number of hydrogen-bond donors (Lipinski definition) is 0. The molecule has 3 aromatic rings. The van der Waals surface area contributed by atoms with Gasteiger partial charge in [-0.05, 0) is 49.7 Å². The van der Waals surface area contributed by atoms with Gasteiger partial charge < -0.3 is 4.90 Å². The average Bonchev–Trinajstić information content (AvgIpc) is 2.75. The monoisotopic (exact) mass is 424 g/mol. The molecule has 0 spiro atoms. The minimum absolute atomic E-state index is 0.205. The molecule has 1 saturated heterocycles. The molecule has 0 radical (unpaired) electrons. The van der Waals surface area contributed by atoms with Crippen LogP contribution in [-0.4, -0.2) is 48.7 Å². The van der Waals surface area contributed by atoms with E-state index in [1.165, 1.54) is 15.1 Å². The van der Waals surface area contributed by atoms with Crippen LogP contribution in [0.1, 0.15) is 11.1 Å². The summed E-state index contributed by atoms with van der Waals surface area (Å²) in [5, 5.41) is 4.51. The summed E-state index contributed by atoms with van der Waals surface area (Å²) in [6.07, 6.45) is 0. The number of aryl methyl sites for hydroxylation is 2. The smallest absolute Gasteiger partial charge is 0.271 e. The first-order valence-corrected chi connectivity index (χ1v) is 11.3. The molecule has 156 valence electrons. The normalized spacial score (nSPS) is 15.3. The molecule has 2 heterocycles. The maximum atomic E-state index is 12.9. The van der Waals surface area contributed by atoms with Crippen LogP contribution < -0.4 is 10.5 Å². The molecule has 30 heavy (non-hydrogen) atoms. The van der Waals surface area contributed by atoms with Crippen LogP contribution in [0.4, 0.5) is 5.82 Å². The molecule has 0 saturated carbocycles. The zero-order valence-corrected chi connectivity index (χ0v) is 17.8. The Morgan fingerprint density at radius 3 is 2.20 bits per heavy atom. The lowest BCUT2D eigenvalue weighted by molar-refractivity contribution is 0.383. The predicted octanol–water partition coefficient (Wildman–Crippen LogP) is 2.36. The first-order chi connectivity index (χ1) is 14.3. The Hall–Kier alpha value is -2.97. The standard InChI is InChI=1S/C22H24N4O3S/c1-17-6-8-19(9-7-17)26-22(27)11-10-21(23-26)24-12-14-25(15-13-24)30(28,29)20-5-3-4-18(2)16-20/h3-11,16H,12-15H2,1-2H3. The van der Waals surface area contributed by atoms with E-state index in [2.05, 4.69) is 5.10 Å². The van der Waals surface area contributed by atoms with E-state index in [-0.39, 0.29) is 5.56 Å². The SMILES string of the molecule is Cc1ccc(-n2nc(N3CCN(S(=O)(=O)c4cccc(C)c4)CC3)ccc2=O)cc1. The third-order valence-electron chi connectivity index (χ3n) is 5.25. The quantitative estimate of drug-likeness (QED) is 0.643. The highest BCUT2D eigenvalue weighted by Gasteiger charge is 2.29. The summed E-state index contributed by atoms with van der Waals surface area (Å²) in [5.74, 6) is 0.655. The van der Waals surface area contributed by atoms with Gasteiger partial charge in [0.2, 0.25) is 10.0 Å². The van der Waals surface area contributed by atoms with Crippen molar-refractivity contribution in [1.29, 1.82) is 0 Å². The fraction of sp³-hybridized carbons (Fsp3) is 0.273. The van der Waals surface area contributed by atoms with Crippen molar-refractivity contribution in [2.45, 2.75) is 18.7 Å². The lowest BCUT2D eigenvalue weighted by atomic mass is 10.2. The molecular weight excluding hydrogens is 400 g/mol. The largest absolute Gasteiger partial charge is 0.353 e. The molecule has 7 nitrogen and oxygen atoms in total. The minimum atomic E-state index is -3.52. The van der Waals surface area contributed by atoms with Gasteiger partial charge in [-0.1, -0.05) is 29.8 Å². The summed E-state index contributed by atoms with van der Waals surface area (Å²) < 4.78 is 28.8. The number of hydrogen-bond acceptors (Lipinski definition) is 5. The summed E-state index contributed by atoms with van der Waals surface area (Å²) >= 11 is 0. The Balaban J connectivity index is 1.53. The second-order valence-electron chi connectivity index (χ2n) is 7.48. The topological polar surface area (TPSA) is 75.5 Å². The molecule has 4 rings (SSSR count). The highest BCUT2D eigenvalue weighted by molar-refractivity contribution is 7.89. The molecule has 0 unspecified atom stereocenters. The zero-order chi connectivity index (χ0) is 21.3. The van der Waals surface area contributed by atoms with E-state index in [0.717, 1.165) is 11.1 Å². The van der Waals surface area contributed by atoms with Crippen molar-refractivity contribution in [3.8, 4) is 5.69 Å². The fourth-order valence-electron chi connectivity index (χ4n) is 3.52. The molecule has 8 heteroatoms. The molecule has 0 N–H and O–H groups in total. The third-order valence-corrected chi connectivity index (χ3v) is 7.15. The number of piperazine rings is 1. The number of rotatable bonds is 4. The third kappa shape index (κ3) is 4.01. The second kappa shape index (κ2) is 8.04. The van der Waals surface area contributed by atoms with Gasteiger partial charge >= 0.3 is 0 Å². The van der Waals surface area contributed by atoms with E-state index < -0.39 is 10.0 Å². The Morgan fingerprint density at radius 2 is 1.53 bits per heavy atom. The molecule has 2 aromatic carbocycles. The van der Waals surface area contributed by atoms with Crippen LogP contribution in [0.2, 0.25) is 0 Å². The maximum Gasteiger partial charge on any atom is 0.271 e. The van der Waals surface area contributed by atoms with Crippen LogP contribution in [0, 0.1) is 13.8 Å². The van der Waals surface area contributed by atoms with Gasteiger partial charge in [-0.25, -0.2) is 8.42 Å². The molecule has 0 bridgehead atoms. The van der Waals surface area contributed by atoms with Gasteiger partial charge in [0, 0.05) is 32.2 Å². The van der Waals surface area contributed by atoms with E-state index in [0.29, 0.717) is 42.6 Å². The summed E-state index contributed by atoms with van der Waals surface area (Å²) in [6, 6.07) is 17.8. The van der Waals surface area contributed by atoms with Crippen LogP contribution >= 0.6 is 0 Å². The first kappa shape index (κ1) is 20.3. The molecular formula is C22H24N4O3S. The Labute approximate surface area is 176 Å². The Kier molecular flexibility index (Phi) is 5.44. The van der Waals surface area contributed by atoms with Crippen LogP contribution in [0.3, 0.4) is 0 Å². The lowest BCUT2D eigenvalue weighted by Crippen LogP contribution is -2.49. The second-order valence-corrected chi connectivity index (χ2v) is 9.42. The number of sulfonamides is 1. The van der Waals surface area contributed by atoms with E-state index in [4.69, 9.17) is 0 Å².